The van der Waals surface area contributed by atoms with Crippen molar-refractivity contribution in [1.82, 2.24) is 9.97 Å². The molecule has 0 fully saturated rings. The van der Waals surface area contributed by atoms with E-state index in [2.05, 4.69) is 9.97 Å². The Labute approximate surface area is 97.7 Å². The van der Waals surface area contributed by atoms with Crippen molar-refractivity contribution in [3.63, 3.8) is 0 Å². The standard InChI is InChI=1S/C11H12N2O2S/c1-15-4-5-16-11-9-3-2-8(14)6-10(9)12-7-13-11/h2-3,6-7,14H,4-5H2,1H3. The minimum Gasteiger partial charge on any atom is -0.508 e. The number of hydrogen-bond acceptors (Lipinski definition) is 5. The van der Waals surface area contributed by atoms with Gasteiger partial charge in [0.1, 0.15) is 17.1 Å². The Morgan fingerprint density at radius 2 is 2.25 bits per heavy atom. The van der Waals surface area contributed by atoms with Crippen molar-refractivity contribution in [2.24, 2.45) is 0 Å². The fourth-order valence-electron chi connectivity index (χ4n) is 1.36. The van der Waals surface area contributed by atoms with Crippen molar-refractivity contribution in [3.05, 3.63) is 24.5 Å². The molecule has 0 aliphatic rings. The average Bonchev–Trinajstić information content (AvgIpc) is 2.29. The summed E-state index contributed by atoms with van der Waals surface area (Å²) in [7, 11) is 1.68. The molecule has 2 rings (SSSR count). The lowest BCUT2D eigenvalue weighted by molar-refractivity contribution is 0.218. The number of methoxy groups -OCH3 is 1. The third kappa shape index (κ3) is 2.43. The van der Waals surface area contributed by atoms with E-state index in [-0.39, 0.29) is 5.75 Å². The van der Waals surface area contributed by atoms with Gasteiger partial charge < -0.3 is 9.84 Å². The van der Waals surface area contributed by atoms with Crippen LogP contribution in [0.1, 0.15) is 0 Å². The molecular weight excluding hydrogens is 224 g/mol. The van der Waals surface area contributed by atoms with E-state index < -0.39 is 0 Å². The van der Waals surface area contributed by atoms with Gasteiger partial charge in [-0.3, -0.25) is 0 Å². The molecule has 84 valence electrons. The number of hydrogen-bond donors (Lipinski definition) is 1. The molecule has 16 heavy (non-hydrogen) atoms. The van der Waals surface area contributed by atoms with E-state index in [0.717, 1.165) is 21.7 Å². The van der Waals surface area contributed by atoms with E-state index in [1.807, 2.05) is 6.07 Å². The van der Waals surface area contributed by atoms with E-state index >= 15 is 0 Å². The molecule has 0 aliphatic heterocycles. The van der Waals surface area contributed by atoms with Gasteiger partial charge in [0.2, 0.25) is 0 Å². The number of phenolic OH excluding ortho intramolecular Hbond substituents is 1. The fraction of sp³-hybridized carbons (Fsp3) is 0.273. The Bertz CT molecular complexity index is 490. The highest BCUT2D eigenvalue weighted by atomic mass is 32.2. The Morgan fingerprint density at radius 3 is 3.06 bits per heavy atom. The molecule has 1 aromatic carbocycles. The highest BCUT2D eigenvalue weighted by Gasteiger charge is 2.04. The summed E-state index contributed by atoms with van der Waals surface area (Å²) in [5.74, 6) is 1.07. The van der Waals surface area contributed by atoms with Crippen LogP contribution in [0.2, 0.25) is 0 Å². The molecule has 1 aromatic heterocycles. The molecule has 0 radical (unpaired) electrons. The van der Waals surface area contributed by atoms with Crippen molar-refractivity contribution in [3.8, 4) is 5.75 Å². The number of phenols is 1. The minimum absolute atomic E-state index is 0.221. The number of rotatable bonds is 4. The molecule has 4 nitrogen and oxygen atoms in total. The molecule has 5 heteroatoms. The van der Waals surface area contributed by atoms with E-state index in [0.29, 0.717) is 6.61 Å². The smallest absolute Gasteiger partial charge is 0.117 e. The van der Waals surface area contributed by atoms with Crippen LogP contribution in [0.4, 0.5) is 0 Å². The molecule has 0 bridgehead atoms. The molecule has 0 spiro atoms. The molecule has 1 heterocycles. The first-order chi connectivity index (χ1) is 7.81. The number of thioether (sulfide) groups is 1. The van der Waals surface area contributed by atoms with E-state index in [4.69, 9.17) is 4.74 Å². The zero-order valence-corrected chi connectivity index (χ0v) is 9.70. The van der Waals surface area contributed by atoms with Crippen molar-refractivity contribution in [2.75, 3.05) is 19.5 Å². The lowest BCUT2D eigenvalue weighted by Gasteiger charge is -2.04. The number of aromatic nitrogens is 2. The van der Waals surface area contributed by atoms with Gasteiger partial charge in [0.05, 0.1) is 12.1 Å². The summed E-state index contributed by atoms with van der Waals surface area (Å²) in [5.41, 5.74) is 0.759. The second-order valence-corrected chi connectivity index (χ2v) is 4.31. The van der Waals surface area contributed by atoms with E-state index in [9.17, 15) is 5.11 Å². The third-order valence-electron chi connectivity index (χ3n) is 2.11. The molecule has 1 N–H and O–H groups in total. The van der Waals surface area contributed by atoms with Crippen molar-refractivity contribution < 1.29 is 9.84 Å². The summed E-state index contributed by atoms with van der Waals surface area (Å²) in [6.45, 7) is 0.689. The van der Waals surface area contributed by atoms with Gasteiger partial charge in [-0.15, -0.1) is 11.8 Å². The Hall–Kier alpha value is -1.33. The summed E-state index contributed by atoms with van der Waals surface area (Å²) in [6, 6.07) is 5.11. The second-order valence-electron chi connectivity index (χ2n) is 3.22. The first-order valence-electron chi connectivity index (χ1n) is 4.86. The Morgan fingerprint density at radius 1 is 1.38 bits per heavy atom. The van der Waals surface area contributed by atoms with Crippen LogP contribution in [0, 0.1) is 0 Å². The van der Waals surface area contributed by atoms with Gasteiger partial charge in [0, 0.05) is 24.3 Å². The minimum atomic E-state index is 0.221. The number of nitrogens with zero attached hydrogens (tertiary/aromatic N) is 2. The maximum Gasteiger partial charge on any atom is 0.117 e. The largest absolute Gasteiger partial charge is 0.508 e. The average molecular weight is 236 g/mol. The highest BCUT2D eigenvalue weighted by molar-refractivity contribution is 7.99. The second kappa shape index (κ2) is 5.14. The quantitative estimate of drug-likeness (QED) is 0.500. The Kier molecular flexibility index (Phi) is 3.58. The summed E-state index contributed by atoms with van der Waals surface area (Å²) >= 11 is 1.62. The molecular formula is C11H12N2O2S. The lowest BCUT2D eigenvalue weighted by atomic mass is 10.2. The zero-order chi connectivity index (χ0) is 11.4. The topological polar surface area (TPSA) is 55.2 Å². The van der Waals surface area contributed by atoms with E-state index in [1.165, 1.54) is 6.33 Å². The SMILES string of the molecule is COCCSc1ncnc2cc(O)ccc12. The van der Waals surface area contributed by atoms with Crippen LogP contribution in [0.25, 0.3) is 10.9 Å². The van der Waals surface area contributed by atoms with Gasteiger partial charge in [0.25, 0.3) is 0 Å². The van der Waals surface area contributed by atoms with Gasteiger partial charge in [-0.25, -0.2) is 9.97 Å². The van der Waals surface area contributed by atoms with Gasteiger partial charge in [-0.05, 0) is 12.1 Å². The van der Waals surface area contributed by atoms with Crippen LogP contribution in [-0.4, -0.2) is 34.5 Å². The fourth-order valence-corrected chi connectivity index (χ4v) is 2.25. The zero-order valence-electron chi connectivity index (χ0n) is 8.88. The van der Waals surface area contributed by atoms with Gasteiger partial charge in [0.15, 0.2) is 0 Å². The van der Waals surface area contributed by atoms with Crippen molar-refractivity contribution >= 4 is 22.7 Å². The van der Waals surface area contributed by atoms with Crippen LogP contribution in [-0.2, 0) is 4.74 Å². The first-order valence-corrected chi connectivity index (χ1v) is 5.85. The molecule has 0 saturated carbocycles. The van der Waals surface area contributed by atoms with Gasteiger partial charge in [-0.1, -0.05) is 0 Å². The summed E-state index contributed by atoms with van der Waals surface area (Å²) in [6.07, 6.45) is 1.51. The first kappa shape index (κ1) is 11.2. The molecule has 0 aliphatic carbocycles. The van der Waals surface area contributed by atoms with Crippen LogP contribution >= 0.6 is 11.8 Å². The monoisotopic (exact) mass is 236 g/mol. The molecule has 2 aromatic rings. The molecule has 0 atom stereocenters. The maximum atomic E-state index is 9.35. The van der Waals surface area contributed by atoms with E-state index in [1.54, 1.807) is 31.0 Å². The van der Waals surface area contributed by atoms with Crippen molar-refractivity contribution in [1.29, 1.82) is 0 Å². The predicted octanol–water partition coefficient (Wildman–Crippen LogP) is 2.07. The summed E-state index contributed by atoms with van der Waals surface area (Å²) in [4.78, 5) is 8.34. The number of ether oxygens (including phenoxy) is 1. The number of fused-ring (bicyclic) bond motifs is 1. The van der Waals surface area contributed by atoms with Crippen LogP contribution < -0.4 is 0 Å². The molecule has 0 unspecified atom stereocenters. The molecule has 0 saturated heterocycles. The molecule has 0 amide bonds. The number of aromatic hydroxyl groups is 1. The summed E-state index contributed by atoms with van der Waals surface area (Å²) in [5, 5.41) is 11.2. The summed E-state index contributed by atoms with van der Waals surface area (Å²) < 4.78 is 4.99. The maximum absolute atomic E-state index is 9.35. The van der Waals surface area contributed by atoms with Gasteiger partial charge >= 0.3 is 0 Å². The van der Waals surface area contributed by atoms with Crippen LogP contribution in [0.3, 0.4) is 0 Å². The predicted molar refractivity (Wildman–Crippen MR) is 63.8 cm³/mol. The Balaban J connectivity index is 2.30. The van der Waals surface area contributed by atoms with Crippen LogP contribution in [0.15, 0.2) is 29.6 Å². The normalized spacial score (nSPS) is 10.8. The number of benzene rings is 1. The van der Waals surface area contributed by atoms with Gasteiger partial charge in [-0.2, -0.15) is 0 Å². The highest BCUT2D eigenvalue weighted by Crippen LogP contribution is 2.26. The third-order valence-corrected chi connectivity index (χ3v) is 3.08. The van der Waals surface area contributed by atoms with Crippen molar-refractivity contribution in [2.45, 2.75) is 5.03 Å². The van der Waals surface area contributed by atoms with Crippen LogP contribution in [0.5, 0.6) is 5.75 Å². The lowest BCUT2D eigenvalue weighted by Crippen LogP contribution is -1.93.